The van der Waals surface area contributed by atoms with Gasteiger partial charge in [0, 0.05) is 26.7 Å². The van der Waals surface area contributed by atoms with E-state index in [1.165, 1.54) is 36.2 Å². The highest BCUT2D eigenvalue weighted by Crippen LogP contribution is 2.36. The van der Waals surface area contributed by atoms with Crippen molar-refractivity contribution in [2.45, 2.75) is 24.8 Å². The number of rotatable bonds is 6. The second kappa shape index (κ2) is 10.3. The molecule has 0 aliphatic carbocycles. The van der Waals surface area contributed by atoms with Crippen LogP contribution in [0.3, 0.4) is 0 Å². The molecule has 0 bridgehead atoms. The van der Waals surface area contributed by atoms with E-state index in [9.17, 15) is 35.5 Å². The molecular weight excluding hydrogens is 469 g/mol. The van der Waals surface area contributed by atoms with E-state index >= 15 is 0 Å². The molecule has 11 heteroatoms. The summed E-state index contributed by atoms with van der Waals surface area (Å²) in [6.45, 7) is 1.53. The summed E-state index contributed by atoms with van der Waals surface area (Å²) in [6, 6.07) is 5.99. The number of halogens is 7. The number of amides is 1. The third-order valence-electron chi connectivity index (χ3n) is 5.59. The van der Waals surface area contributed by atoms with Crippen molar-refractivity contribution >= 4 is 5.91 Å². The summed E-state index contributed by atoms with van der Waals surface area (Å²) in [6.07, 6.45) is -10.1. The Morgan fingerprint density at radius 1 is 0.971 bits per heavy atom. The molecule has 4 nitrogen and oxygen atoms in total. The van der Waals surface area contributed by atoms with Crippen molar-refractivity contribution in [2.75, 3.05) is 39.9 Å². The second-order valence-electron chi connectivity index (χ2n) is 8.03. The summed E-state index contributed by atoms with van der Waals surface area (Å²) in [4.78, 5) is 16.4. The normalized spacial score (nSPS) is 16.4. The van der Waals surface area contributed by atoms with Gasteiger partial charge in [0.1, 0.15) is 11.9 Å². The van der Waals surface area contributed by atoms with Crippen LogP contribution in [0.4, 0.5) is 30.7 Å². The number of morpholine rings is 1. The average Bonchev–Trinajstić information content (AvgIpc) is 2.78. The highest BCUT2D eigenvalue weighted by Gasteiger charge is 2.37. The van der Waals surface area contributed by atoms with Crippen molar-refractivity contribution in [1.29, 1.82) is 0 Å². The predicted molar refractivity (Wildman–Crippen MR) is 109 cm³/mol. The number of hydrogen-bond donors (Lipinski definition) is 0. The topological polar surface area (TPSA) is 32.8 Å². The van der Waals surface area contributed by atoms with Gasteiger partial charge in [0.2, 0.25) is 5.91 Å². The molecule has 0 aromatic heterocycles. The van der Waals surface area contributed by atoms with E-state index < -0.39 is 41.2 Å². The maximum absolute atomic E-state index is 13.4. The molecule has 1 atom stereocenters. The molecule has 1 fully saturated rings. The van der Waals surface area contributed by atoms with E-state index in [2.05, 4.69) is 0 Å². The van der Waals surface area contributed by atoms with E-state index in [1.807, 2.05) is 4.90 Å². The maximum Gasteiger partial charge on any atom is 0.416 e. The van der Waals surface area contributed by atoms with Crippen LogP contribution in [0.5, 0.6) is 0 Å². The van der Waals surface area contributed by atoms with E-state index in [-0.39, 0.29) is 24.6 Å². The minimum Gasteiger partial charge on any atom is -0.379 e. The van der Waals surface area contributed by atoms with E-state index in [1.54, 1.807) is 0 Å². The number of alkyl halides is 6. The van der Waals surface area contributed by atoms with Gasteiger partial charge in [-0.3, -0.25) is 9.69 Å². The number of hydrogen-bond acceptors (Lipinski definition) is 3. The van der Waals surface area contributed by atoms with Crippen LogP contribution in [0.25, 0.3) is 0 Å². The zero-order chi connectivity index (χ0) is 25.1. The summed E-state index contributed by atoms with van der Waals surface area (Å²) in [5.74, 6) is -0.883. The quantitative estimate of drug-likeness (QED) is 0.536. The Morgan fingerprint density at radius 2 is 1.50 bits per heavy atom. The Balaban J connectivity index is 1.81. The van der Waals surface area contributed by atoms with Gasteiger partial charge in [-0.2, -0.15) is 26.3 Å². The lowest BCUT2D eigenvalue weighted by molar-refractivity contribution is -0.143. The number of carbonyl (C=O) groups excluding carboxylic acids is 1. The number of carbonyl (C=O) groups is 1. The molecule has 0 saturated carbocycles. The van der Waals surface area contributed by atoms with Crippen molar-refractivity contribution in [3.8, 4) is 0 Å². The molecule has 0 spiro atoms. The van der Waals surface area contributed by atoms with Crippen molar-refractivity contribution in [3.05, 3.63) is 70.5 Å². The van der Waals surface area contributed by atoms with Gasteiger partial charge in [-0.15, -0.1) is 0 Å². The fourth-order valence-electron chi connectivity index (χ4n) is 3.77. The van der Waals surface area contributed by atoms with Crippen LogP contribution in [0.15, 0.2) is 42.5 Å². The SMILES string of the molecule is CN(CCc1cc(C(F)(F)F)cc(C(F)(F)F)c1)C(=O)C(c1ccc(F)cc1)N1CCOCC1. The first-order valence-corrected chi connectivity index (χ1v) is 10.5. The first kappa shape index (κ1) is 26.0. The molecule has 2 aromatic rings. The van der Waals surface area contributed by atoms with Crippen LogP contribution < -0.4 is 0 Å². The van der Waals surface area contributed by atoms with Gasteiger partial charge in [-0.25, -0.2) is 4.39 Å². The average molecular weight is 492 g/mol. The lowest BCUT2D eigenvalue weighted by Gasteiger charge is -2.36. The maximum atomic E-state index is 13.4. The van der Waals surface area contributed by atoms with Crippen molar-refractivity contribution in [3.63, 3.8) is 0 Å². The van der Waals surface area contributed by atoms with Gasteiger partial charge in [0.15, 0.2) is 0 Å². The van der Waals surface area contributed by atoms with Gasteiger partial charge >= 0.3 is 12.4 Å². The van der Waals surface area contributed by atoms with Gasteiger partial charge in [0.05, 0.1) is 24.3 Å². The molecule has 0 N–H and O–H groups in total. The summed E-state index contributed by atoms with van der Waals surface area (Å²) in [5, 5.41) is 0. The number of benzene rings is 2. The standard InChI is InChI=1S/C23H23F7N2O2/c1-31(7-6-15-12-17(22(25,26)27)14-18(13-15)23(28,29)30)21(33)20(32-8-10-34-11-9-32)16-2-4-19(24)5-3-16/h2-5,12-14,20H,6-11H2,1H3. The fourth-order valence-corrected chi connectivity index (χ4v) is 3.77. The highest BCUT2D eigenvalue weighted by molar-refractivity contribution is 5.83. The Morgan fingerprint density at radius 3 is 2.00 bits per heavy atom. The molecule has 1 unspecified atom stereocenters. The van der Waals surface area contributed by atoms with Crippen molar-refractivity contribution in [1.82, 2.24) is 9.80 Å². The van der Waals surface area contributed by atoms with Crippen LogP contribution in [-0.2, 0) is 28.3 Å². The molecule has 186 valence electrons. The fraction of sp³-hybridized carbons (Fsp3) is 0.435. The van der Waals surface area contributed by atoms with Gasteiger partial charge < -0.3 is 9.64 Å². The minimum absolute atomic E-state index is 0.0708. The lowest BCUT2D eigenvalue weighted by Crippen LogP contribution is -2.46. The number of likely N-dealkylation sites (N-methyl/N-ethyl adjacent to an activating group) is 1. The molecular formula is C23H23F7N2O2. The monoisotopic (exact) mass is 492 g/mol. The zero-order valence-electron chi connectivity index (χ0n) is 18.2. The Kier molecular flexibility index (Phi) is 7.87. The first-order chi connectivity index (χ1) is 15.9. The molecule has 0 radical (unpaired) electrons. The van der Waals surface area contributed by atoms with E-state index in [4.69, 9.17) is 4.74 Å². The lowest BCUT2D eigenvalue weighted by atomic mass is 10.0. The van der Waals surface area contributed by atoms with Crippen molar-refractivity contribution < 1.29 is 40.3 Å². The summed E-state index contributed by atoms with van der Waals surface area (Å²) in [7, 11) is 1.43. The van der Waals surface area contributed by atoms with Crippen LogP contribution in [0, 0.1) is 5.82 Å². The number of nitrogens with zero attached hydrogens (tertiary/aromatic N) is 2. The summed E-state index contributed by atoms with van der Waals surface area (Å²) in [5.41, 5.74) is -2.46. The van der Waals surface area contributed by atoms with Crippen LogP contribution in [0.2, 0.25) is 0 Å². The van der Waals surface area contributed by atoms with E-state index in [0.29, 0.717) is 44.0 Å². The molecule has 1 aliphatic rings. The third kappa shape index (κ3) is 6.47. The zero-order valence-corrected chi connectivity index (χ0v) is 18.2. The number of ether oxygens (including phenoxy) is 1. The smallest absolute Gasteiger partial charge is 0.379 e. The Hall–Kier alpha value is -2.66. The van der Waals surface area contributed by atoms with Gasteiger partial charge in [-0.1, -0.05) is 12.1 Å². The molecule has 1 aliphatic heterocycles. The molecule has 1 heterocycles. The molecule has 34 heavy (non-hydrogen) atoms. The summed E-state index contributed by atoms with van der Waals surface area (Å²) < 4.78 is 97.4. The predicted octanol–water partition coefficient (Wildman–Crippen LogP) is 4.94. The largest absolute Gasteiger partial charge is 0.416 e. The first-order valence-electron chi connectivity index (χ1n) is 10.5. The van der Waals surface area contributed by atoms with Crippen LogP contribution in [0.1, 0.15) is 28.3 Å². The minimum atomic E-state index is -4.94. The van der Waals surface area contributed by atoms with Gasteiger partial charge in [-0.05, 0) is 47.9 Å². The van der Waals surface area contributed by atoms with E-state index in [0.717, 1.165) is 0 Å². The molecule has 1 amide bonds. The van der Waals surface area contributed by atoms with Gasteiger partial charge in [0.25, 0.3) is 0 Å². The molecule has 3 rings (SSSR count). The Bertz CT molecular complexity index is 952. The second-order valence-corrected chi connectivity index (χ2v) is 8.03. The van der Waals surface area contributed by atoms with Crippen LogP contribution >= 0.6 is 0 Å². The Labute approximate surface area is 191 Å². The molecule has 2 aromatic carbocycles. The third-order valence-corrected chi connectivity index (χ3v) is 5.59. The molecule has 1 saturated heterocycles. The van der Waals surface area contributed by atoms with Crippen molar-refractivity contribution in [2.24, 2.45) is 0 Å². The summed E-state index contributed by atoms with van der Waals surface area (Å²) >= 11 is 0. The van der Waals surface area contributed by atoms with Crippen LogP contribution in [-0.4, -0.2) is 55.6 Å². The highest BCUT2D eigenvalue weighted by atomic mass is 19.4.